The van der Waals surface area contributed by atoms with Crippen LogP contribution in [-0.2, 0) is 25.8 Å². The zero-order valence-electron chi connectivity index (χ0n) is 15.7. The Kier molecular flexibility index (Phi) is 8.04. The van der Waals surface area contributed by atoms with Crippen molar-refractivity contribution in [1.29, 1.82) is 0 Å². The quantitative estimate of drug-likeness (QED) is 0.663. The Morgan fingerprint density at radius 2 is 1.71 bits per heavy atom. The van der Waals surface area contributed by atoms with Gasteiger partial charge in [-0.2, -0.15) is 0 Å². The highest BCUT2D eigenvalue weighted by molar-refractivity contribution is 5.37. The lowest BCUT2D eigenvalue weighted by Crippen LogP contribution is -2.32. The standard InChI is InChI=1S/C21H27N.C2H6/c1-2-8-19-12-6-13-20-17-22(16-14-21(19)20)15-7-11-18-9-4-3-5-10-18;1-2/h3-6,9-10,12-13H,2,7-8,11,14-17H2,1H3;1-2H3. The Morgan fingerprint density at radius 3 is 2.46 bits per heavy atom. The Balaban J connectivity index is 0.00000100. The summed E-state index contributed by atoms with van der Waals surface area (Å²) >= 11 is 0. The largest absolute Gasteiger partial charge is 0.299 e. The van der Waals surface area contributed by atoms with Crippen LogP contribution in [0.3, 0.4) is 0 Å². The Bertz CT molecular complexity index is 588. The van der Waals surface area contributed by atoms with Gasteiger partial charge in [0.2, 0.25) is 0 Å². The van der Waals surface area contributed by atoms with Crippen LogP contribution in [-0.4, -0.2) is 18.0 Å². The molecule has 1 nitrogen and oxygen atoms in total. The molecule has 1 aliphatic heterocycles. The lowest BCUT2D eigenvalue weighted by Gasteiger charge is -2.30. The van der Waals surface area contributed by atoms with Crippen LogP contribution >= 0.6 is 0 Å². The third-order valence-electron chi connectivity index (χ3n) is 4.74. The van der Waals surface area contributed by atoms with E-state index in [-0.39, 0.29) is 0 Å². The number of fused-ring (bicyclic) bond motifs is 1. The average molecular weight is 324 g/mol. The molecule has 0 N–H and O–H groups in total. The van der Waals surface area contributed by atoms with Gasteiger partial charge in [0.15, 0.2) is 0 Å². The smallest absolute Gasteiger partial charge is 0.0236 e. The van der Waals surface area contributed by atoms with Gasteiger partial charge in [-0.3, -0.25) is 4.90 Å². The monoisotopic (exact) mass is 323 g/mol. The molecule has 0 aromatic heterocycles. The number of rotatable bonds is 6. The molecule has 0 saturated carbocycles. The molecule has 0 saturated heterocycles. The number of hydrogen-bond acceptors (Lipinski definition) is 1. The predicted molar refractivity (Wildman–Crippen MR) is 106 cm³/mol. The Morgan fingerprint density at radius 1 is 0.917 bits per heavy atom. The van der Waals surface area contributed by atoms with Gasteiger partial charge < -0.3 is 0 Å². The molecule has 2 aromatic carbocycles. The van der Waals surface area contributed by atoms with Gasteiger partial charge in [-0.05, 0) is 54.5 Å². The van der Waals surface area contributed by atoms with Crippen molar-refractivity contribution in [3.8, 4) is 0 Å². The van der Waals surface area contributed by atoms with Crippen LogP contribution in [0, 0.1) is 0 Å². The summed E-state index contributed by atoms with van der Waals surface area (Å²) in [5, 5.41) is 0. The van der Waals surface area contributed by atoms with E-state index in [1.165, 1.54) is 50.8 Å². The first kappa shape index (κ1) is 18.7. The van der Waals surface area contributed by atoms with Crippen LogP contribution in [0.4, 0.5) is 0 Å². The van der Waals surface area contributed by atoms with Gasteiger partial charge in [0, 0.05) is 13.1 Å². The summed E-state index contributed by atoms with van der Waals surface area (Å²) in [6.45, 7) is 9.86. The predicted octanol–water partition coefficient (Wildman–Crippen LogP) is 5.66. The minimum Gasteiger partial charge on any atom is -0.299 e. The minimum atomic E-state index is 1.14. The fraction of sp³-hybridized carbons (Fsp3) is 0.478. The van der Waals surface area contributed by atoms with Gasteiger partial charge in [-0.15, -0.1) is 0 Å². The summed E-state index contributed by atoms with van der Waals surface area (Å²) in [5.41, 5.74) is 6.26. The van der Waals surface area contributed by atoms with E-state index in [0.717, 1.165) is 6.54 Å². The Hall–Kier alpha value is -1.60. The van der Waals surface area contributed by atoms with Crippen molar-refractivity contribution in [3.63, 3.8) is 0 Å². The SMILES string of the molecule is CC.CCCc1cccc2c1CCN(CCCc1ccccc1)C2. The lowest BCUT2D eigenvalue weighted by molar-refractivity contribution is 0.250. The normalized spacial score (nSPS) is 13.8. The molecular weight excluding hydrogens is 290 g/mol. The molecule has 130 valence electrons. The molecule has 0 amide bonds. The highest BCUT2D eigenvalue weighted by Crippen LogP contribution is 2.23. The maximum atomic E-state index is 2.63. The van der Waals surface area contributed by atoms with E-state index >= 15 is 0 Å². The third kappa shape index (κ3) is 5.21. The molecule has 0 atom stereocenters. The molecule has 1 heterocycles. The average Bonchev–Trinajstić information content (AvgIpc) is 2.65. The molecule has 3 rings (SSSR count). The van der Waals surface area contributed by atoms with Crippen molar-refractivity contribution in [3.05, 3.63) is 70.8 Å². The molecule has 0 aliphatic carbocycles. The second-order valence-electron chi connectivity index (χ2n) is 6.42. The highest BCUT2D eigenvalue weighted by atomic mass is 15.1. The first-order valence-electron chi connectivity index (χ1n) is 9.72. The topological polar surface area (TPSA) is 3.24 Å². The summed E-state index contributed by atoms with van der Waals surface area (Å²) < 4.78 is 0. The molecular formula is C23H33N. The molecule has 0 spiro atoms. The van der Waals surface area contributed by atoms with Crippen molar-refractivity contribution < 1.29 is 0 Å². The van der Waals surface area contributed by atoms with Gasteiger partial charge in [0.1, 0.15) is 0 Å². The molecule has 0 fully saturated rings. The maximum absolute atomic E-state index is 2.63. The summed E-state index contributed by atoms with van der Waals surface area (Å²) in [7, 11) is 0. The second-order valence-corrected chi connectivity index (χ2v) is 6.42. The van der Waals surface area contributed by atoms with Crippen LogP contribution < -0.4 is 0 Å². The van der Waals surface area contributed by atoms with Gasteiger partial charge in [0.05, 0.1) is 0 Å². The lowest BCUT2D eigenvalue weighted by atomic mass is 9.92. The summed E-state index contributed by atoms with van der Waals surface area (Å²) in [4.78, 5) is 2.63. The van der Waals surface area contributed by atoms with Crippen LogP contribution in [0.5, 0.6) is 0 Å². The third-order valence-corrected chi connectivity index (χ3v) is 4.74. The van der Waals surface area contributed by atoms with Gasteiger partial charge in [0.25, 0.3) is 0 Å². The van der Waals surface area contributed by atoms with Gasteiger partial charge in [-0.1, -0.05) is 75.7 Å². The Labute approximate surface area is 148 Å². The molecule has 0 unspecified atom stereocenters. The summed E-state index contributed by atoms with van der Waals surface area (Å²) in [6, 6.07) is 17.8. The van der Waals surface area contributed by atoms with Gasteiger partial charge >= 0.3 is 0 Å². The van der Waals surface area contributed by atoms with Crippen molar-refractivity contribution in [1.82, 2.24) is 4.90 Å². The first-order chi connectivity index (χ1) is 11.9. The van der Waals surface area contributed by atoms with Crippen LogP contribution in [0.2, 0.25) is 0 Å². The van der Waals surface area contributed by atoms with E-state index in [1.54, 1.807) is 16.7 Å². The van der Waals surface area contributed by atoms with E-state index in [1.807, 2.05) is 13.8 Å². The van der Waals surface area contributed by atoms with Gasteiger partial charge in [-0.25, -0.2) is 0 Å². The first-order valence-corrected chi connectivity index (χ1v) is 9.72. The van der Waals surface area contributed by atoms with Crippen molar-refractivity contribution >= 4 is 0 Å². The highest BCUT2D eigenvalue weighted by Gasteiger charge is 2.17. The van der Waals surface area contributed by atoms with E-state index in [2.05, 4.69) is 60.4 Å². The summed E-state index contributed by atoms with van der Waals surface area (Å²) in [6.07, 6.45) is 6.17. The van der Waals surface area contributed by atoms with Crippen molar-refractivity contribution in [2.24, 2.45) is 0 Å². The number of hydrogen-bond donors (Lipinski definition) is 0. The fourth-order valence-corrected chi connectivity index (χ4v) is 3.59. The van der Waals surface area contributed by atoms with E-state index in [9.17, 15) is 0 Å². The number of nitrogens with zero attached hydrogens (tertiary/aromatic N) is 1. The molecule has 24 heavy (non-hydrogen) atoms. The van der Waals surface area contributed by atoms with Crippen molar-refractivity contribution in [2.45, 2.75) is 59.4 Å². The van der Waals surface area contributed by atoms with Crippen LogP contribution in [0.1, 0.15) is 55.9 Å². The minimum absolute atomic E-state index is 1.14. The molecule has 0 bridgehead atoms. The molecule has 0 radical (unpaired) electrons. The summed E-state index contributed by atoms with van der Waals surface area (Å²) in [5.74, 6) is 0. The second kappa shape index (κ2) is 10.3. The molecule has 2 aromatic rings. The van der Waals surface area contributed by atoms with E-state index in [4.69, 9.17) is 0 Å². The zero-order valence-corrected chi connectivity index (χ0v) is 15.7. The van der Waals surface area contributed by atoms with Crippen molar-refractivity contribution in [2.75, 3.05) is 13.1 Å². The molecule has 1 aliphatic rings. The van der Waals surface area contributed by atoms with Crippen LogP contribution in [0.25, 0.3) is 0 Å². The zero-order chi connectivity index (χ0) is 17.2. The maximum Gasteiger partial charge on any atom is 0.0236 e. The fourth-order valence-electron chi connectivity index (χ4n) is 3.59. The van der Waals surface area contributed by atoms with Crippen LogP contribution in [0.15, 0.2) is 48.5 Å². The number of benzene rings is 2. The molecule has 1 heteroatoms. The van der Waals surface area contributed by atoms with E-state index < -0.39 is 0 Å². The number of aryl methyl sites for hydroxylation is 2. The van der Waals surface area contributed by atoms with E-state index in [0.29, 0.717) is 0 Å².